The first-order valence-corrected chi connectivity index (χ1v) is 6.11. The predicted molar refractivity (Wildman–Crippen MR) is 75.1 cm³/mol. The number of amides is 1. The summed E-state index contributed by atoms with van der Waals surface area (Å²) in [6.45, 7) is 2.67. The zero-order chi connectivity index (χ0) is 13.8. The highest BCUT2D eigenvalue weighted by molar-refractivity contribution is 5.95. The molecule has 2 aromatic rings. The smallest absolute Gasteiger partial charge is 0.253 e. The van der Waals surface area contributed by atoms with Gasteiger partial charge in [0.2, 0.25) is 0 Å². The number of carbonyl (C=O) groups is 1. The molecule has 1 aromatic carbocycles. The Hall–Kier alpha value is -2.30. The topological polar surface area (TPSA) is 61.0 Å². The van der Waals surface area contributed by atoms with Crippen LogP contribution in [0.3, 0.4) is 0 Å². The van der Waals surface area contributed by atoms with Crippen molar-refractivity contribution < 1.29 is 4.79 Å². The van der Waals surface area contributed by atoms with Crippen LogP contribution in [-0.2, 0) is 6.54 Å². The van der Waals surface area contributed by atoms with E-state index in [0.717, 1.165) is 16.9 Å². The predicted octanol–water partition coefficient (Wildman–Crippen LogP) is 2.03. The van der Waals surface area contributed by atoms with Gasteiger partial charge in [-0.25, -0.2) is 4.98 Å². The van der Waals surface area contributed by atoms with Crippen LogP contribution in [0.5, 0.6) is 0 Å². The van der Waals surface area contributed by atoms with Crippen LogP contribution in [0.2, 0.25) is 0 Å². The van der Waals surface area contributed by atoms with Crippen LogP contribution in [0.15, 0.2) is 30.7 Å². The average molecular weight is 258 g/mol. The summed E-state index contributed by atoms with van der Waals surface area (Å²) in [5, 5.41) is 3.31. The average Bonchev–Trinajstić information content (AvgIpc) is 2.90. The van der Waals surface area contributed by atoms with Gasteiger partial charge in [-0.05, 0) is 24.6 Å². The van der Waals surface area contributed by atoms with Crippen molar-refractivity contribution >= 4 is 11.6 Å². The fourth-order valence-electron chi connectivity index (χ4n) is 1.78. The lowest BCUT2D eigenvalue weighted by Crippen LogP contribution is -2.21. The molecule has 0 fully saturated rings. The monoisotopic (exact) mass is 258 g/mol. The van der Waals surface area contributed by atoms with Crippen molar-refractivity contribution in [2.45, 2.75) is 13.5 Å². The summed E-state index contributed by atoms with van der Waals surface area (Å²) >= 11 is 0. The first-order valence-electron chi connectivity index (χ1n) is 6.11. The number of carbonyl (C=O) groups excluding carboxylic acids is 1. The Kier molecular flexibility index (Phi) is 3.85. The molecule has 2 rings (SSSR count). The number of benzene rings is 1. The van der Waals surface area contributed by atoms with Gasteiger partial charge in [0.15, 0.2) is 0 Å². The minimum absolute atomic E-state index is 0.00425. The molecule has 0 atom stereocenters. The maximum Gasteiger partial charge on any atom is 0.253 e. The zero-order valence-electron chi connectivity index (χ0n) is 11.4. The van der Waals surface area contributed by atoms with Crippen molar-refractivity contribution in [3.63, 3.8) is 0 Å². The van der Waals surface area contributed by atoms with Crippen molar-refractivity contribution in [2.24, 2.45) is 0 Å². The van der Waals surface area contributed by atoms with E-state index in [1.165, 1.54) is 0 Å². The molecule has 0 saturated heterocycles. The summed E-state index contributed by atoms with van der Waals surface area (Å²) in [5.74, 6) is 0.00425. The molecule has 0 aliphatic rings. The number of nitrogens with one attached hydrogen (secondary N) is 2. The van der Waals surface area contributed by atoms with Gasteiger partial charge in [0, 0.05) is 31.5 Å². The zero-order valence-corrected chi connectivity index (χ0v) is 11.4. The number of hydrogen-bond donors (Lipinski definition) is 2. The summed E-state index contributed by atoms with van der Waals surface area (Å²) in [6.07, 6.45) is 3.42. The molecule has 0 saturated carbocycles. The number of hydrogen-bond acceptors (Lipinski definition) is 3. The molecule has 0 bridgehead atoms. The van der Waals surface area contributed by atoms with Crippen molar-refractivity contribution in [1.29, 1.82) is 0 Å². The number of aryl methyl sites for hydroxylation is 1. The van der Waals surface area contributed by atoms with E-state index in [4.69, 9.17) is 0 Å². The molecule has 2 N–H and O–H groups in total. The minimum Gasteiger partial charge on any atom is -0.379 e. The quantitative estimate of drug-likeness (QED) is 0.882. The second-order valence-electron chi connectivity index (χ2n) is 4.66. The van der Waals surface area contributed by atoms with Gasteiger partial charge >= 0.3 is 0 Å². The standard InChI is InChI=1S/C14H18N4O/c1-10-4-5-11(14(19)18(2)3)6-13(10)16-8-12-7-15-9-17-12/h4-7,9,16H,8H2,1-3H3,(H,15,17). The lowest BCUT2D eigenvalue weighted by Gasteiger charge is -2.13. The Morgan fingerprint density at radius 3 is 2.84 bits per heavy atom. The number of aromatic nitrogens is 2. The van der Waals surface area contributed by atoms with Crippen LogP contribution < -0.4 is 5.32 Å². The van der Waals surface area contributed by atoms with Gasteiger partial charge < -0.3 is 15.2 Å². The Labute approximate surface area is 112 Å². The number of aromatic amines is 1. The minimum atomic E-state index is 0.00425. The fraction of sp³-hybridized carbons (Fsp3) is 0.286. The van der Waals surface area contributed by atoms with E-state index in [1.54, 1.807) is 31.5 Å². The highest BCUT2D eigenvalue weighted by Crippen LogP contribution is 2.18. The third-order valence-corrected chi connectivity index (χ3v) is 2.91. The van der Waals surface area contributed by atoms with E-state index in [0.29, 0.717) is 12.1 Å². The first kappa shape index (κ1) is 13.1. The van der Waals surface area contributed by atoms with Gasteiger partial charge in [0.05, 0.1) is 18.6 Å². The Morgan fingerprint density at radius 1 is 1.42 bits per heavy atom. The highest BCUT2D eigenvalue weighted by atomic mass is 16.2. The first-order chi connectivity index (χ1) is 9.08. The second kappa shape index (κ2) is 5.56. The van der Waals surface area contributed by atoms with E-state index >= 15 is 0 Å². The highest BCUT2D eigenvalue weighted by Gasteiger charge is 2.09. The maximum absolute atomic E-state index is 11.9. The Balaban J connectivity index is 2.15. The van der Waals surface area contributed by atoms with Gasteiger partial charge in [-0.3, -0.25) is 4.79 Å². The number of anilines is 1. The molecule has 0 aliphatic carbocycles. The van der Waals surface area contributed by atoms with Gasteiger partial charge in [-0.2, -0.15) is 0 Å². The van der Waals surface area contributed by atoms with E-state index in [1.807, 2.05) is 25.1 Å². The molecule has 1 aromatic heterocycles. The van der Waals surface area contributed by atoms with E-state index in [9.17, 15) is 4.79 Å². The van der Waals surface area contributed by atoms with Gasteiger partial charge in [0.25, 0.3) is 5.91 Å². The van der Waals surface area contributed by atoms with Crippen molar-refractivity contribution in [3.05, 3.63) is 47.5 Å². The number of imidazole rings is 1. The summed E-state index contributed by atoms with van der Waals surface area (Å²) in [6, 6.07) is 5.68. The molecule has 5 nitrogen and oxygen atoms in total. The molecule has 1 heterocycles. The molecule has 0 aliphatic heterocycles. The van der Waals surface area contributed by atoms with E-state index in [2.05, 4.69) is 15.3 Å². The van der Waals surface area contributed by atoms with E-state index in [-0.39, 0.29) is 5.91 Å². The summed E-state index contributed by atoms with van der Waals surface area (Å²) in [7, 11) is 3.50. The Bertz CT molecular complexity index is 561. The number of H-pyrrole nitrogens is 1. The number of rotatable bonds is 4. The SMILES string of the molecule is Cc1ccc(C(=O)N(C)C)cc1NCc1cnc[nH]1. The maximum atomic E-state index is 11.9. The molecule has 19 heavy (non-hydrogen) atoms. The molecule has 0 unspecified atom stereocenters. The Morgan fingerprint density at radius 2 is 2.21 bits per heavy atom. The largest absolute Gasteiger partial charge is 0.379 e. The molecular formula is C14H18N4O. The van der Waals surface area contributed by atoms with Crippen LogP contribution in [0.4, 0.5) is 5.69 Å². The summed E-state index contributed by atoms with van der Waals surface area (Å²) in [4.78, 5) is 20.5. The van der Waals surface area contributed by atoms with Crippen LogP contribution in [-0.4, -0.2) is 34.9 Å². The molecule has 100 valence electrons. The third-order valence-electron chi connectivity index (χ3n) is 2.91. The summed E-state index contributed by atoms with van der Waals surface area (Å²) < 4.78 is 0. The number of nitrogens with zero attached hydrogens (tertiary/aromatic N) is 2. The van der Waals surface area contributed by atoms with Crippen LogP contribution in [0, 0.1) is 6.92 Å². The van der Waals surface area contributed by atoms with Gasteiger partial charge in [-0.15, -0.1) is 0 Å². The van der Waals surface area contributed by atoms with Gasteiger partial charge in [0.1, 0.15) is 0 Å². The van der Waals surface area contributed by atoms with Crippen molar-refractivity contribution in [3.8, 4) is 0 Å². The summed E-state index contributed by atoms with van der Waals surface area (Å²) in [5.41, 5.74) is 3.75. The molecule has 5 heteroatoms. The van der Waals surface area contributed by atoms with Crippen molar-refractivity contribution in [1.82, 2.24) is 14.9 Å². The second-order valence-corrected chi connectivity index (χ2v) is 4.66. The van der Waals surface area contributed by atoms with Gasteiger partial charge in [-0.1, -0.05) is 6.07 Å². The fourth-order valence-corrected chi connectivity index (χ4v) is 1.78. The molecule has 1 amide bonds. The van der Waals surface area contributed by atoms with Crippen LogP contribution >= 0.6 is 0 Å². The molecule has 0 spiro atoms. The van der Waals surface area contributed by atoms with Crippen LogP contribution in [0.25, 0.3) is 0 Å². The normalized spacial score (nSPS) is 10.3. The third kappa shape index (κ3) is 3.13. The molecular weight excluding hydrogens is 240 g/mol. The lowest BCUT2D eigenvalue weighted by molar-refractivity contribution is 0.0827. The van der Waals surface area contributed by atoms with E-state index < -0.39 is 0 Å². The van der Waals surface area contributed by atoms with Crippen molar-refractivity contribution in [2.75, 3.05) is 19.4 Å². The lowest BCUT2D eigenvalue weighted by atomic mass is 10.1. The van der Waals surface area contributed by atoms with Crippen LogP contribution in [0.1, 0.15) is 21.6 Å². The molecule has 0 radical (unpaired) electrons.